The number of thioether (sulfide) groups is 1. The molecule has 0 aliphatic rings. The first kappa shape index (κ1) is 11.7. The normalized spacial score (nSPS) is 10.0. The van der Waals surface area contributed by atoms with E-state index in [1.807, 2.05) is 19.9 Å². The summed E-state index contributed by atoms with van der Waals surface area (Å²) in [5.41, 5.74) is 1.92. The highest BCUT2D eigenvalue weighted by molar-refractivity contribution is 7.99. The second-order valence-electron chi connectivity index (χ2n) is 3.13. The van der Waals surface area contributed by atoms with Crippen LogP contribution in [0.5, 0.6) is 0 Å². The van der Waals surface area contributed by atoms with Crippen LogP contribution in [0.3, 0.4) is 0 Å². The van der Waals surface area contributed by atoms with Crippen molar-refractivity contribution in [2.75, 3.05) is 5.75 Å². The van der Waals surface area contributed by atoms with Gasteiger partial charge in [-0.25, -0.2) is 14.8 Å². The van der Waals surface area contributed by atoms with Crippen LogP contribution < -0.4 is 0 Å². The fourth-order valence-electron chi connectivity index (χ4n) is 0.972. The molecule has 5 heteroatoms. The lowest BCUT2D eigenvalue weighted by Gasteiger charge is -2.02. The van der Waals surface area contributed by atoms with Crippen LogP contribution in [0, 0.1) is 13.8 Å². The van der Waals surface area contributed by atoms with E-state index < -0.39 is 5.97 Å². The molecule has 15 heavy (non-hydrogen) atoms. The van der Waals surface area contributed by atoms with Gasteiger partial charge < -0.3 is 5.11 Å². The van der Waals surface area contributed by atoms with Gasteiger partial charge in [-0.05, 0) is 19.9 Å². The second kappa shape index (κ2) is 4.93. The Bertz CT molecular complexity index is 384. The molecule has 0 fully saturated rings. The average Bonchev–Trinajstić information content (AvgIpc) is 2.12. The van der Waals surface area contributed by atoms with Crippen LogP contribution in [-0.2, 0) is 4.79 Å². The number of hydrogen-bond acceptors (Lipinski definition) is 4. The first-order valence-corrected chi connectivity index (χ1v) is 5.34. The smallest absolute Gasteiger partial charge is 0.331 e. The molecule has 0 spiro atoms. The van der Waals surface area contributed by atoms with Crippen LogP contribution in [0.1, 0.15) is 11.4 Å². The number of carbonyl (C=O) groups is 1. The van der Waals surface area contributed by atoms with E-state index in [1.54, 1.807) is 0 Å². The van der Waals surface area contributed by atoms with E-state index in [0.29, 0.717) is 10.9 Å². The molecule has 0 saturated carbocycles. The molecule has 0 saturated heterocycles. The third-order valence-corrected chi connectivity index (χ3v) is 2.57. The van der Waals surface area contributed by atoms with Crippen molar-refractivity contribution in [2.45, 2.75) is 19.0 Å². The average molecular weight is 224 g/mol. The Morgan fingerprint density at radius 3 is 2.47 bits per heavy atom. The van der Waals surface area contributed by atoms with E-state index in [1.165, 1.54) is 11.8 Å². The van der Waals surface area contributed by atoms with Crippen molar-refractivity contribution in [1.82, 2.24) is 9.97 Å². The Hall–Kier alpha value is -1.36. The first-order valence-electron chi connectivity index (χ1n) is 4.35. The van der Waals surface area contributed by atoms with Gasteiger partial charge in [0.15, 0.2) is 5.16 Å². The lowest BCUT2D eigenvalue weighted by atomic mass is 10.4. The number of rotatable bonds is 4. The van der Waals surface area contributed by atoms with E-state index in [-0.39, 0.29) is 5.57 Å². The lowest BCUT2D eigenvalue weighted by molar-refractivity contribution is -0.132. The fourth-order valence-corrected chi connectivity index (χ4v) is 1.82. The van der Waals surface area contributed by atoms with Crippen LogP contribution >= 0.6 is 11.8 Å². The third-order valence-electron chi connectivity index (χ3n) is 1.64. The van der Waals surface area contributed by atoms with Crippen molar-refractivity contribution < 1.29 is 9.90 Å². The van der Waals surface area contributed by atoms with Gasteiger partial charge >= 0.3 is 5.97 Å². The van der Waals surface area contributed by atoms with Crippen LogP contribution in [-0.4, -0.2) is 26.8 Å². The summed E-state index contributed by atoms with van der Waals surface area (Å²) in [6.07, 6.45) is 0. The molecule has 0 aliphatic carbocycles. The quantitative estimate of drug-likeness (QED) is 0.480. The predicted molar refractivity (Wildman–Crippen MR) is 59.0 cm³/mol. The number of aryl methyl sites for hydroxylation is 2. The van der Waals surface area contributed by atoms with Crippen LogP contribution in [0.25, 0.3) is 0 Å². The molecule has 1 rings (SSSR count). The van der Waals surface area contributed by atoms with Gasteiger partial charge in [0.05, 0.1) is 0 Å². The number of aliphatic carboxylic acids is 1. The Balaban J connectivity index is 2.65. The third kappa shape index (κ3) is 3.71. The van der Waals surface area contributed by atoms with Crippen LogP contribution in [0.15, 0.2) is 23.4 Å². The monoisotopic (exact) mass is 224 g/mol. The Kier molecular flexibility index (Phi) is 3.85. The molecule has 0 unspecified atom stereocenters. The molecular formula is C10H12N2O2S. The lowest BCUT2D eigenvalue weighted by Crippen LogP contribution is -2.02. The van der Waals surface area contributed by atoms with Gasteiger partial charge in [-0.1, -0.05) is 18.3 Å². The molecule has 0 aliphatic heterocycles. The minimum atomic E-state index is -0.980. The molecule has 0 radical (unpaired) electrons. The summed E-state index contributed by atoms with van der Waals surface area (Å²) in [6.45, 7) is 7.20. The molecule has 1 aromatic rings. The van der Waals surface area contributed by atoms with E-state index >= 15 is 0 Å². The Labute approximate surface area is 92.4 Å². The Morgan fingerprint density at radius 1 is 1.47 bits per heavy atom. The van der Waals surface area contributed by atoms with E-state index in [4.69, 9.17) is 5.11 Å². The molecule has 0 amide bonds. The van der Waals surface area contributed by atoms with Crippen molar-refractivity contribution in [3.63, 3.8) is 0 Å². The summed E-state index contributed by atoms with van der Waals surface area (Å²) >= 11 is 1.28. The molecule has 1 N–H and O–H groups in total. The van der Waals surface area contributed by atoms with E-state index in [0.717, 1.165) is 11.4 Å². The van der Waals surface area contributed by atoms with Crippen molar-refractivity contribution in [2.24, 2.45) is 0 Å². The number of carboxylic acid groups (broad SMARTS) is 1. The minimum absolute atomic E-state index is 0.155. The van der Waals surface area contributed by atoms with Crippen LogP contribution in [0.4, 0.5) is 0 Å². The highest BCUT2D eigenvalue weighted by atomic mass is 32.2. The second-order valence-corrected chi connectivity index (χ2v) is 4.07. The maximum absolute atomic E-state index is 10.5. The summed E-state index contributed by atoms with van der Waals surface area (Å²) in [7, 11) is 0. The van der Waals surface area contributed by atoms with Crippen molar-refractivity contribution in [1.29, 1.82) is 0 Å². The summed E-state index contributed by atoms with van der Waals surface area (Å²) in [5.74, 6) is -0.676. The SMILES string of the molecule is C=C(CSc1nc(C)cc(C)n1)C(=O)O. The van der Waals surface area contributed by atoms with Crippen LogP contribution in [0.2, 0.25) is 0 Å². The Morgan fingerprint density at radius 2 is 2.00 bits per heavy atom. The maximum atomic E-state index is 10.5. The first-order chi connectivity index (χ1) is 6.99. The minimum Gasteiger partial charge on any atom is -0.478 e. The van der Waals surface area contributed by atoms with Crippen molar-refractivity contribution in [3.05, 3.63) is 29.6 Å². The van der Waals surface area contributed by atoms with E-state index in [9.17, 15) is 4.79 Å². The van der Waals surface area contributed by atoms with Crippen molar-refractivity contribution >= 4 is 17.7 Å². The highest BCUT2D eigenvalue weighted by Crippen LogP contribution is 2.16. The zero-order valence-corrected chi connectivity index (χ0v) is 9.47. The van der Waals surface area contributed by atoms with Gasteiger partial charge in [-0.2, -0.15) is 0 Å². The highest BCUT2D eigenvalue weighted by Gasteiger charge is 2.06. The predicted octanol–water partition coefficient (Wildman–Crippen LogP) is 1.83. The summed E-state index contributed by atoms with van der Waals surface area (Å²) < 4.78 is 0. The number of hydrogen-bond donors (Lipinski definition) is 1. The topological polar surface area (TPSA) is 63.1 Å². The number of aromatic nitrogens is 2. The zero-order valence-electron chi connectivity index (χ0n) is 8.65. The standard InChI is InChI=1S/C10H12N2O2S/c1-6(9(13)14)5-15-10-11-7(2)4-8(3)12-10/h4H,1,5H2,2-3H3,(H,13,14). The van der Waals surface area contributed by atoms with Gasteiger partial charge in [0, 0.05) is 22.7 Å². The molecule has 4 nitrogen and oxygen atoms in total. The van der Waals surface area contributed by atoms with Gasteiger partial charge in [-0.3, -0.25) is 0 Å². The summed E-state index contributed by atoms with van der Waals surface area (Å²) in [4.78, 5) is 18.9. The number of nitrogens with zero attached hydrogens (tertiary/aromatic N) is 2. The maximum Gasteiger partial charge on any atom is 0.331 e. The molecule has 0 atom stereocenters. The van der Waals surface area contributed by atoms with Crippen molar-refractivity contribution in [3.8, 4) is 0 Å². The largest absolute Gasteiger partial charge is 0.478 e. The summed E-state index contributed by atoms with van der Waals surface area (Å²) in [6, 6.07) is 1.87. The summed E-state index contributed by atoms with van der Waals surface area (Å²) in [5, 5.41) is 9.21. The molecule has 0 bridgehead atoms. The molecule has 1 heterocycles. The number of carboxylic acids is 1. The molecule has 0 aromatic carbocycles. The molecular weight excluding hydrogens is 212 g/mol. The van der Waals surface area contributed by atoms with Gasteiger partial charge in [0.2, 0.25) is 0 Å². The molecule has 80 valence electrons. The van der Waals surface area contributed by atoms with E-state index in [2.05, 4.69) is 16.5 Å². The van der Waals surface area contributed by atoms with Gasteiger partial charge in [-0.15, -0.1) is 0 Å². The fraction of sp³-hybridized carbons (Fsp3) is 0.300. The van der Waals surface area contributed by atoms with Gasteiger partial charge in [0.25, 0.3) is 0 Å². The zero-order chi connectivity index (χ0) is 11.4. The molecule has 1 aromatic heterocycles. The van der Waals surface area contributed by atoms with Gasteiger partial charge in [0.1, 0.15) is 0 Å².